The molecule has 1 amide bonds. The summed E-state index contributed by atoms with van der Waals surface area (Å²) in [5.74, 6) is 1.23. The molecule has 0 aliphatic carbocycles. The molecule has 0 fully saturated rings. The van der Waals surface area contributed by atoms with Crippen LogP contribution in [0.1, 0.15) is 18.9 Å². The Balaban J connectivity index is 1.58. The number of carbonyl (C=O) groups is 1. The van der Waals surface area contributed by atoms with Crippen LogP contribution in [-0.2, 0) is 32.5 Å². The van der Waals surface area contributed by atoms with E-state index in [1.54, 1.807) is 18.7 Å². The maximum atomic E-state index is 12.3. The molecular weight excluding hydrogens is 406 g/mol. The van der Waals surface area contributed by atoms with Crippen molar-refractivity contribution in [3.63, 3.8) is 0 Å². The van der Waals surface area contributed by atoms with Crippen molar-refractivity contribution in [2.24, 2.45) is 21.1 Å². The standard InChI is InChI=1S/C20H25N5O4S/c1-5-29-14-8-6-13(7-9-14)12-21-15(26)10-11-30-19-22-16-17(23(19)2)24(3)20(28)25(4)18(16)27/h6-9H,5,10-12H2,1-4H3,(H,21,26). The summed E-state index contributed by atoms with van der Waals surface area (Å²) < 4.78 is 9.55. The number of fused-ring (bicyclic) bond motifs is 1. The van der Waals surface area contributed by atoms with Gasteiger partial charge in [0.05, 0.1) is 6.61 Å². The monoisotopic (exact) mass is 431 g/mol. The summed E-state index contributed by atoms with van der Waals surface area (Å²) in [7, 11) is 4.79. The molecule has 0 unspecified atom stereocenters. The lowest BCUT2D eigenvalue weighted by Crippen LogP contribution is -2.37. The van der Waals surface area contributed by atoms with Crippen LogP contribution in [-0.4, -0.2) is 37.0 Å². The van der Waals surface area contributed by atoms with Gasteiger partial charge in [0, 0.05) is 39.9 Å². The van der Waals surface area contributed by atoms with Gasteiger partial charge in [-0.15, -0.1) is 0 Å². The van der Waals surface area contributed by atoms with Crippen LogP contribution in [0, 0.1) is 0 Å². The number of ether oxygens (including phenoxy) is 1. The number of nitrogens with one attached hydrogen (secondary N) is 1. The maximum absolute atomic E-state index is 12.3. The molecule has 0 saturated heterocycles. The average molecular weight is 432 g/mol. The lowest BCUT2D eigenvalue weighted by molar-refractivity contribution is -0.120. The van der Waals surface area contributed by atoms with Gasteiger partial charge >= 0.3 is 5.69 Å². The fourth-order valence-electron chi connectivity index (χ4n) is 3.08. The molecule has 0 aliphatic heterocycles. The molecule has 1 N–H and O–H groups in total. The number of aromatic nitrogens is 4. The zero-order valence-electron chi connectivity index (χ0n) is 17.5. The summed E-state index contributed by atoms with van der Waals surface area (Å²) in [5, 5.41) is 3.48. The SMILES string of the molecule is CCOc1ccc(CNC(=O)CCSc2nc3c(=O)n(C)c(=O)n(C)c3n2C)cc1. The molecule has 0 bridgehead atoms. The van der Waals surface area contributed by atoms with Crippen molar-refractivity contribution >= 4 is 28.8 Å². The van der Waals surface area contributed by atoms with E-state index in [1.165, 1.54) is 23.4 Å². The number of hydrogen-bond acceptors (Lipinski definition) is 6. The second-order valence-electron chi connectivity index (χ2n) is 6.78. The molecule has 9 nitrogen and oxygen atoms in total. The third kappa shape index (κ3) is 4.43. The minimum absolute atomic E-state index is 0.0709. The van der Waals surface area contributed by atoms with Crippen LogP contribution in [0.15, 0.2) is 39.0 Å². The number of benzene rings is 1. The summed E-state index contributed by atoms with van der Waals surface area (Å²) in [6, 6.07) is 7.60. The lowest BCUT2D eigenvalue weighted by atomic mass is 10.2. The molecule has 0 radical (unpaired) electrons. The number of nitrogens with zero attached hydrogens (tertiary/aromatic N) is 4. The van der Waals surface area contributed by atoms with E-state index in [9.17, 15) is 14.4 Å². The minimum atomic E-state index is -0.427. The Morgan fingerprint density at radius 2 is 1.80 bits per heavy atom. The Kier molecular flexibility index (Phi) is 6.66. The number of aryl methyl sites for hydroxylation is 2. The molecule has 3 aromatic rings. The third-order valence-corrected chi connectivity index (χ3v) is 5.74. The molecule has 2 aromatic heterocycles. The molecule has 0 spiro atoms. The third-order valence-electron chi connectivity index (χ3n) is 4.71. The first-order valence-electron chi connectivity index (χ1n) is 9.57. The Labute approximate surface area is 177 Å². The normalized spacial score (nSPS) is 11.1. The van der Waals surface area contributed by atoms with E-state index < -0.39 is 11.2 Å². The quantitative estimate of drug-likeness (QED) is 0.538. The highest BCUT2D eigenvalue weighted by Gasteiger charge is 2.17. The van der Waals surface area contributed by atoms with E-state index in [0.29, 0.717) is 36.1 Å². The van der Waals surface area contributed by atoms with Crippen molar-refractivity contribution in [1.29, 1.82) is 0 Å². The van der Waals surface area contributed by atoms with Crippen LogP contribution < -0.4 is 21.3 Å². The predicted octanol–water partition coefficient (Wildman–Crippen LogP) is 1.17. The number of hydrogen-bond donors (Lipinski definition) is 1. The highest BCUT2D eigenvalue weighted by atomic mass is 32.2. The summed E-state index contributed by atoms with van der Waals surface area (Å²) in [6.45, 7) is 2.99. The maximum Gasteiger partial charge on any atom is 0.332 e. The fraction of sp³-hybridized carbons (Fsp3) is 0.400. The van der Waals surface area contributed by atoms with Gasteiger partial charge < -0.3 is 14.6 Å². The molecule has 0 aliphatic rings. The van der Waals surface area contributed by atoms with Gasteiger partial charge in [0.25, 0.3) is 5.56 Å². The van der Waals surface area contributed by atoms with E-state index >= 15 is 0 Å². The topological polar surface area (TPSA) is 100 Å². The second kappa shape index (κ2) is 9.21. The molecule has 3 rings (SSSR count). The summed E-state index contributed by atoms with van der Waals surface area (Å²) in [4.78, 5) is 41.0. The van der Waals surface area contributed by atoms with Crippen LogP contribution in [0.2, 0.25) is 0 Å². The fourth-order valence-corrected chi connectivity index (χ4v) is 3.99. The first-order valence-corrected chi connectivity index (χ1v) is 10.6. The number of amides is 1. The molecule has 1 aromatic carbocycles. The Morgan fingerprint density at radius 3 is 2.47 bits per heavy atom. The molecule has 2 heterocycles. The molecule has 10 heteroatoms. The van der Waals surface area contributed by atoms with Crippen LogP contribution >= 0.6 is 11.8 Å². The first kappa shape index (κ1) is 21.7. The molecule has 30 heavy (non-hydrogen) atoms. The van der Waals surface area contributed by atoms with Crippen molar-refractivity contribution in [2.45, 2.75) is 25.0 Å². The highest BCUT2D eigenvalue weighted by molar-refractivity contribution is 7.99. The van der Waals surface area contributed by atoms with E-state index in [2.05, 4.69) is 10.3 Å². The van der Waals surface area contributed by atoms with Gasteiger partial charge in [-0.2, -0.15) is 0 Å². The van der Waals surface area contributed by atoms with Crippen molar-refractivity contribution < 1.29 is 9.53 Å². The van der Waals surface area contributed by atoms with Crippen molar-refractivity contribution in [3.05, 3.63) is 50.7 Å². The van der Waals surface area contributed by atoms with Gasteiger partial charge in [-0.3, -0.25) is 18.7 Å². The van der Waals surface area contributed by atoms with Gasteiger partial charge in [-0.1, -0.05) is 23.9 Å². The molecular formula is C20H25N5O4S. The Hall–Kier alpha value is -3.01. The van der Waals surface area contributed by atoms with Gasteiger partial charge in [0.15, 0.2) is 16.3 Å². The van der Waals surface area contributed by atoms with Crippen molar-refractivity contribution in [1.82, 2.24) is 24.0 Å². The predicted molar refractivity (Wildman–Crippen MR) is 116 cm³/mol. The summed E-state index contributed by atoms with van der Waals surface area (Å²) >= 11 is 1.37. The van der Waals surface area contributed by atoms with E-state index in [-0.39, 0.29) is 11.4 Å². The molecule has 0 atom stereocenters. The minimum Gasteiger partial charge on any atom is -0.494 e. The first-order chi connectivity index (χ1) is 14.3. The number of imidazole rings is 1. The second-order valence-corrected chi connectivity index (χ2v) is 7.85. The van der Waals surface area contributed by atoms with E-state index in [0.717, 1.165) is 15.9 Å². The molecule has 160 valence electrons. The largest absolute Gasteiger partial charge is 0.494 e. The number of thioether (sulfide) groups is 1. The van der Waals surface area contributed by atoms with E-state index in [1.807, 2.05) is 31.2 Å². The van der Waals surface area contributed by atoms with Crippen molar-refractivity contribution in [2.75, 3.05) is 12.4 Å². The van der Waals surface area contributed by atoms with Crippen LogP contribution in [0.4, 0.5) is 0 Å². The van der Waals surface area contributed by atoms with Gasteiger partial charge in [0.2, 0.25) is 5.91 Å². The average Bonchev–Trinajstić information content (AvgIpc) is 3.07. The van der Waals surface area contributed by atoms with Crippen LogP contribution in [0.5, 0.6) is 5.75 Å². The highest BCUT2D eigenvalue weighted by Crippen LogP contribution is 2.20. The van der Waals surface area contributed by atoms with E-state index in [4.69, 9.17) is 4.74 Å². The zero-order chi connectivity index (χ0) is 21.8. The lowest BCUT2D eigenvalue weighted by Gasteiger charge is -2.07. The van der Waals surface area contributed by atoms with Crippen molar-refractivity contribution in [3.8, 4) is 5.75 Å². The van der Waals surface area contributed by atoms with Gasteiger partial charge in [-0.05, 0) is 24.6 Å². The van der Waals surface area contributed by atoms with Crippen LogP contribution in [0.25, 0.3) is 11.2 Å². The number of carbonyl (C=O) groups excluding carboxylic acids is 1. The number of rotatable bonds is 8. The Bertz CT molecular complexity index is 1180. The smallest absolute Gasteiger partial charge is 0.332 e. The molecule has 0 saturated carbocycles. The zero-order valence-corrected chi connectivity index (χ0v) is 18.3. The van der Waals surface area contributed by atoms with Crippen LogP contribution in [0.3, 0.4) is 0 Å². The summed E-state index contributed by atoms with van der Waals surface area (Å²) in [6.07, 6.45) is 0.307. The van der Waals surface area contributed by atoms with Gasteiger partial charge in [-0.25, -0.2) is 9.78 Å². The Morgan fingerprint density at radius 1 is 1.10 bits per heavy atom. The summed E-state index contributed by atoms with van der Waals surface area (Å²) in [5.41, 5.74) is 0.867. The van der Waals surface area contributed by atoms with Gasteiger partial charge in [0.1, 0.15) is 5.75 Å².